The number of rotatable bonds is 8. The summed E-state index contributed by atoms with van der Waals surface area (Å²) in [5, 5.41) is 16.0. The quantitative estimate of drug-likeness (QED) is 0.415. The number of non-ortho nitro benzene ring substituents is 1. The van der Waals surface area contributed by atoms with Crippen molar-refractivity contribution in [1.82, 2.24) is 10.6 Å². The van der Waals surface area contributed by atoms with E-state index in [0.29, 0.717) is 5.56 Å². The highest BCUT2D eigenvalue weighted by Gasteiger charge is 2.17. The maximum Gasteiger partial charge on any atom is 0.270 e. The van der Waals surface area contributed by atoms with E-state index in [2.05, 4.69) is 10.6 Å². The topological polar surface area (TPSA) is 111 Å². The van der Waals surface area contributed by atoms with Crippen LogP contribution in [0.3, 0.4) is 0 Å². The highest BCUT2D eigenvalue weighted by molar-refractivity contribution is 5.97. The molecule has 27 heavy (non-hydrogen) atoms. The van der Waals surface area contributed by atoms with Crippen LogP contribution in [-0.2, 0) is 11.2 Å². The second-order valence-corrected chi connectivity index (χ2v) is 5.55. The lowest BCUT2D eigenvalue weighted by atomic mass is 10.1. The number of nitrogens with one attached hydrogen (secondary N) is 2. The molecule has 0 bridgehead atoms. The number of ether oxygens (including phenoxy) is 1. The lowest BCUT2D eigenvalue weighted by Gasteiger charge is -2.10. The van der Waals surface area contributed by atoms with Gasteiger partial charge in [-0.2, -0.15) is 0 Å². The van der Waals surface area contributed by atoms with Crippen molar-refractivity contribution >= 4 is 17.5 Å². The Bertz CT molecular complexity index is 857. The van der Waals surface area contributed by atoms with E-state index in [1.54, 1.807) is 6.07 Å². The van der Waals surface area contributed by atoms with Crippen LogP contribution in [0.5, 0.6) is 5.75 Å². The van der Waals surface area contributed by atoms with Gasteiger partial charge in [0.05, 0.1) is 24.0 Å². The number of nitrogens with zero attached hydrogens (tertiary/aromatic N) is 1. The molecule has 0 fully saturated rings. The fraction of sp³-hybridized carbons (Fsp3) is 0.222. The molecular formula is C18H18FN3O5. The van der Waals surface area contributed by atoms with Gasteiger partial charge in [-0.25, -0.2) is 4.39 Å². The highest BCUT2D eigenvalue weighted by Crippen LogP contribution is 2.23. The normalized spacial score (nSPS) is 10.1. The van der Waals surface area contributed by atoms with E-state index in [1.165, 1.54) is 37.4 Å². The van der Waals surface area contributed by atoms with Gasteiger partial charge in [-0.05, 0) is 23.8 Å². The minimum absolute atomic E-state index is 0.0183. The number of amides is 2. The molecule has 0 atom stereocenters. The van der Waals surface area contributed by atoms with Crippen molar-refractivity contribution < 1.29 is 23.6 Å². The van der Waals surface area contributed by atoms with Crippen LogP contribution in [0.25, 0.3) is 0 Å². The first-order valence-corrected chi connectivity index (χ1v) is 8.02. The zero-order valence-electron chi connectivity index (χ0n) is 14.5. The van der Waals surface area contributed by atoms with Gasteiger partial charge in [0.25, 0.3) is 11.6 Å². The average molecular weight is 375 g/mol. The molecule has 2 aromatic carbocycles. The van der Waals surface area contributed by atoms with Crippen LogP contribution < -0.4 is 15.4 Å². The molecule has 2 amide bonds. The third kappa shape index (κ3) is 5.77. The first kappa shape index (κ1) is 19.8. The summed E-state index contributed by atoms with van der Waals surface area (Å²) < 4.78 is 18.1. The Labute approximate surface area is 154 Å². The zero-order chi connectivity index (χ0) is 19.8. The average Bonchev–Trinajstić information content (AvgIpc) is 2.64. The lowest BCUT2D eigenvalue weighted by Crippen LogP contribution is -2.35. The van der Waals surface area contributed by atoms with E-state index in [1.807, 2.05) is 0 Å². The Kier molecular flexibility index (Phi) is 6.81. The summed E-state index contributed by atoms with van der Waals surface area (Å²) in [5.41, 5.74) is 0.333. The van der Waals surface area contributed by atoms with Crippen LogP contribution in [0.2, 0.25) is 0 Å². The predicted octanol–water partition coefficient (Wildman–Crippen LogP) is 1.83. The molecule has 2 aromatic rings. The second kappa shape index (κ2) is 9.27. The smallest absolute Gasteiger partial charge is 0.270 e. The Morgan fingerprint density at radius 1 is 1.15 bits per heavy atom. The number of hydrogen-bond acceptors (Lipinski definition) is 5. The molecule has 0 unspecified atom stereocenters. The Morgan fingerprint density at radius 2 is 1.89 bits per heavy atom. The van der Waals surface area contributed by atoms with Gasteiger partial charge in [0.15, 0.2) is 0 Å². The molecule has 0 spiro atoms. The predicted molar refractivity (Wildman–Crippen MR) is 95.1 cm³/mol. The molecule has 0 aliphatic carbocycles. The SMILES string of the molecule is COc1ccc([N+](=O)[O-])cc1C(=O)NCCNC(=O)Cc1cccc(F)c1. The highest BCUT2D eigenvalue weighted by atomic mass is 19.1. The van der Waals surface area contributed by atoms with Crippen LogP contribution in [0.15, 0.2) is 42.5 Å². The molecule has 0 aromatic heterocycles. The van der Waals surface area contributed by atoms with Crippen molar-refractivity contribution in [3.8, 4) is 5.75 Å². The third-order valence-corrected chi connectivity index (χ3v) is 3.62. The van der Waals surface area contributed by atoms with E-state index in [4.69, 9.17) is 4.74 Å². The van der Waals surface area contributed by atoms with Crippen LogP contribution in [0, 0.1) is 15.9 Å². The van der Waals surface area contributed by atoms with Crippen molar-refractivity contribution in [2.75, 3.05) is 20.2 Å². The molecule has 2 rings (SSSR count). The van der Waals surface area contributed by atoms with Crippen molar-refractivity contribution in [2.24, 2.45) is 0 Å². The largest absolute Gasteiger partial charge is 0.496 e. The van der Waals surface area contributed by atoms with E-state index in [0.717, 1.165) is 6.07 Å². The minimum atomic E-state index is -0.608. The molecule has 0 aliphatic heterocycles. The summed E-state index contributed by atoms with van der Waals surface area (Å²) in [5.74, 6) is -1.09. The van der Waals surface area contributed by atoms with Gasteiger partial charge in [-0.1, -0.05) is 12.1 Å². The number of nitro groups is 1. The molecule has 0 saturated carbocycles. The van der Waals surface area contributed by atoms with Crippen LogP contribution in [0.4, 0.5) is 10.1 Å². The third-order valence-electron chi connectivity index (χ3n) is 3.62. The van der Waals surface area contributed by atoms with Gasteiger partial charge < -0.3 is 15.4 Å². The standard InChI is InChI=1S/C18H18FN3O5/c1-27-16-6-5-14(22(25)26)11-15(16)18(24)21-8-7-20-17(23)10-12-3-2-4-13(19)9-12/h2-6,9,11H,7-8,10H2,1H3,(H,20,23)(H,21,24). The van der Waals surface area contributed by atoms with Crippen molar-refractivity contribution in [3.63, 3.8) is 0 Å². The number of benzene rings is 2. The number of nitro benzene ring substituents is 1. The number of halogens is 1. The number of carbonyl (C=O) groups excluding carboxylic acids is 2. The molecule has 0 radical (unpaired) electrons. The number of methoxy groups -OCH3 is 1. The lowest BCUT2D eigenvalue weighted by molar-refractivity contribution is -0.384. The first-order valence-electron chi connectivity index (χ1n) is 8.02. The van der Waals surface area contributed by atoms with E-state index in [9.17, 15) is 24.1 Å². The molecule has 8 nitrogen and oxygen atoms in total. The zero-order valence-corrected chi connectivity index (χ0v) is 14.5. The maximum absolute atomic E-state index is 13.1. The molecule has 0 aliphatic rings. The van der Waals surface area contributed by atoms with Gasteiger partial charge >= 0.3 is 0 Å². The minimum Gasteiger partial charge on any atom is -0.496 e. The van der Waals surface area contributed by atoms with Crippen molar-refractivity contribution in [1.29, 1.82) is 0 Å². The summed E-state index contributed by atoms with van der Waals surface area (Å²) in [4.78, 5) is 34.3. The molecular weight excluding hydrogens is 357 g/mol. The molecule has 142 valence electrons. The summed E-state index contributed by atoms with van der Waals surface area (Å²) in [6, 6.07) is 9.42. The van der Waals surface area contributed by atoms with Crippen molar-refractivity contribution in [2.45, 2.75) is 6.42 Å². The summed E-state index contributed by atoms with van der Waals surface area (Å²) in [6.07, 6.45) is 0.0183. The van der Waals surface area contributed by atoms with Gasteiger partial charge in [0.1, 0.15) is 11.6 Å². The Balaban J connectivity index is 1.84. The second-order valence-electron chi connectivity index (χ2n) is 5.55. The van der Waals surface area contributed by atoms with E-state index < -0.39 is 16.6 Å². The molecule has 2 N–H and O–H groups in total. The van der Waals surface area contributed by atoms with Gasteiger partial charge in [0, 0.05) is 25.2 Å². The monoisotopic (exact) mass is 375 g/mol. The fourth-order valence-electron chi connectivity index (χ4n) is 2.35. The maximum atomic E-state index is 13.1. The van der Waals surface area contributed by atoms with E-state index >= 15 is 0 Å². The van der Waals surface area contributed by atoms with E-state index in [-0.39, 0.29) is 42.4 Å². The van der Waals surface area contributed by atoms with Crippen LogP contribution >= 0.6 is 0 Å². The number of carbonyl (C=O) groups is 2. The Morgan fingerprint density at radius 3 is 2.56 bits per heavy atom. The summed E-state index contributed by atoms with van der Waals surface area (Å²) in [6.45, 7) is 0.261. The Hall–Kier alpha value is -3.49. The van der Waals surface area contributed by atoms with Gasteiger partial charge in [0.2, 0.25) is 5.91 Å². The first-order chi connectivity index (χ1) is 12.9. The molecule has 9 heteroatoms. The van der Waals surface area contributed by atoms with Crippen LogP contribution in [0.1, 0.15) is 15.9 Å². The van der Waals surface area contributed by atoms with Gasteiger partial charge in [-0.15, -0.1) is 0 Å². The summed E-state index contributed by atoms with van der Waals surface area (Å²) >= 11 is 0. The molecule has 0 heterocycles. The number of hydrogen-bond donors (Lipinski definition) is 2. The fourth-order valence-corrected chi connectivity index (χ4v) is 2.35. The van der Waals surface area contributed by atoms with Gasteiger partial charge in [-0.3, -0.25) is 19.7 Å². The molecule has 0 saturated heterocycles. The van der Waals surface area contributed by atoms with Crippen LogP contribution in [-0.4, -0.2) is 36.9 Å². The summed E-state index contributed by atoms with van der Waals surface area (Å²) in [7, 11) is 1.35. The van der Waals surface area contributed by atoms with Crippen molar-refractivity contribution in [3.05, 3.63) is 69.5 Å².